The molecule has 12 heteroatoms. The maximum absolute atomic E-state index is 15.2. The summed E-state index contributed by atoms with van der Waals surface area (Å²) in [5.41, 5.74) is 0.805. The molecule has 6 rings (SSSR count). The molecule has 42 heavy (non-hydrogen) atoms. The Balaban J connectivity index is 1.50. The van der Waals surface area contributed by atoms with Crippen LogP contribution in [0.4, 0.5) is 39.0 Å². The summed E-state index contributed by atoms with van der Waals surface area (Å²) in [6, 6.07) is 10.3. The molecule has 1 N–H and O–H groups in total. The number of alkyl halides is 3. The number of anilines is 2. The van der Waals surface area contributed by atoms with Crippen molar-refractivity contribution in [2.45, 2.75) is 31.1 Å². The van der Waals surface area contributed by atoms with Crippen LogP contribution in [0.2, 0.25) is 0 Å². The van der Waals surface area contributed by atoms with Crippen molar-refractivity contribution in [3.05, 3.63) is 95.8 Å². The van der Waals surface area contributed by atoms with E-state index in [1.54, 1.807) is 6.07 Å². The van der Waals surface area contributed by atoms with Crippen LogP contribution in [-0.2, 0) is 17.4 Å². The first-order valence-electron chi connectivity index (χ1n) is 13.2. The summed E-state index contributed by atoms with van der Waals surface area (Å²) in [5.74, 6) is -2.19. The average molecular weight is 585 g/mol. The number of aliphatic carboxylic acids is 1. The second-order valence-corrected chi connectivity index (χ2v) is 10.3. The lowest BCUT2D eigenvalue weighted by Gasteiger charge is -2.46. The number of aliphatic imine (C=N–C) groups is 1. The number of para-hydroxylation sites is 1. The molecule has 0 aromatic heterocycles. The number of nitrogens with zero attached hydrogens (tertiary/aromatic N) is 4. The average Bonchev–Trinajstić information content (AvgIpc) is 3.29. The molecule has 3 aromatic carbocycles. The largest absolute Gasteiger partial charge is 0.481 e. The molecule has 0 spiro atoms. The van der Waals surface area contributed by atoms with Gasteiger partial charge in [-0.2, -0.15) is 13.2 Å². The van der Waals surface area contributed by atoms with Crippen LogP contribution in [0, 0.1) is 11.6 Å². The van der Waals surface area contributed by atoms with Crippen LogP contribution < -0.4 is 14.5 Å². The first kappa shape index (κ1) is 27.6. The van der Waals surface area contributed by atoms with E-state index in [1.165, 1.54) is 35.2 Å². The fraction of sp³-hybridized carbons (Fsp3) is 0.267. The van der Waals surface area contributed by atoms with E-state index in [0.717, 1.165) is 35.7 Å². The number of hydrogen-bond donors (Lipinski definition) is 1. The molecule has 0 amide bonds. The zero-order chi connectivity index (χ0) is 29.8. The summed E-state index contributed by atoms with van der Waals surface area (Å²) in [4.78, 5) is 22.1. The van der Waals surface area contributed by atoms with Crippen molar-refractivity contribution in [2.24, 2.45) is 4.99 Å². The van der Waals surface area contributed by atoms with Gasteiger partial charge in [0.2, 0.25) is 5.96 Å². The highest BCUT2D eigenvalue weighted by Crippen LogP contribution is 2.47. The third kappa shape index (κ3) is 4.80. The number of rotatable bonds is 5. The number of guanidine groups is 1. The van der Waals surface area contributed by atoms with Gasteiger partial charge in [0.1, 0.15) is 23.1 Å². The Labute approximate surface area is 237 Å². The van der Waals surface area contributed by atoms with Gasteiger partial charge in [-0.15, -0.1) is 0 Å². The van der Waals surface area contributed by atoms with Crippen molar-refractivity contribution in [3.8, 4) is 5.75 Å². The molecule has 0 aliphatic carbocycles. The standard InChI is InChI=1S/C30H25F5N4O3/c1-2-42-26-9-6-18(30(33,34)35)14-25(26)39-24(15-27(40)41)21-4-3-5-22(32)28(21)36-29(39)37-10-11-38-20(16-37)13-17-12-19(31)7-8-23(17)38/h2-9,12,14,20,24H,1,10-11,13,15-16H2,(H,40,41). The van der Waals surface area contributed by atoms with E-state index in [0.29, 0.717) is 26.1 Å². The number of piperazine rings is 1. The van der Waals surface area contributed by atoms with Crippen LogP contribution >= 0.6 is 0 Å². The maximum Gasteiger partial charge on any atom is 0.416 e. The van der Waals surface area contributed by atoms with Gasteiger partial charge in [0, 0.05) is 30.9 Å². The molecule has 0 radical (unpaired) electrons. The van der Waals surface area contributed by atoms with Crippen LogP contribution in [0.5, 0.6) is 5.75 Å². The molecule has 3 aliphatic rings. The van der Waals surface area contributed by atoms with E-state index in [9.17, 15) is 27.5 Å². The molecule has 1 fully saturated rings. The lowest BCUT2D eigenvalue weighted by Crippen LogP contribution is -2.58. The molecule has 2 unspecified atom stereocenters. The third-order valence-electron chi connectivity index (χ3n) is 7.81. The highest BCUT2D eigenvalue weighted by atomic mass is 19.4. The topological polar surface area (TPSA) is 68.6 Å². The molecular weight excluding hydrogens is 559 g/mol. The number of carboxylic acid groups (broad SMARTS) is 1. The van der Waals surface area contributed by atoms with Crippen LogP contribution in [0.3, 0.4) is 0 Å². The van der Waals surface area contributed by atoms with Crippen molar-refractivity contribution >= 4 is 29.0 Å². The Hall–Kier alpha value is -4.61. The van der Waals surface area contributed by atoms with Gasteiger partial charge >= 0.3 is 12.1 Å². The van der Waals surface area contributed by atoms with E-state index >= 15 is 4.39 Å². The van der Waals surface area contributed by atoms with E-state index in [-0.39, 0.29) is 40.5 Å². The molecule has 3 aromatic rings. The van der Waals surface area contributed by atoms with Gasteiger partial charge in [0.05, 0.1) is 36.0 Å². The van der Waals surface area contributed by atoms with Crippen LogP contribution in [0.1, 0.15) is 29.2 Å². The number of fused-ring (bicyclic) bond motifs is 4. The maximum atomic E-state index is 15.2. The minimum atomic E-state index is -4.71. The predicted molar refractivity (Wildman–Crippen MR) is 146 cm³/mol. The Kier molecular flexibility index (Phi) is 6.78. The van der Waals surface area contributed by atoms with Gasteiger partial charge < -0.3 is 24.5 Å². The number of carboxylic acids is 1. The molecule has 0 bridgehead atoms. The highest BCUT2D eigenvalue weighted by Gasteiger charge is 2.42. The first-order chi connectivity index (χ1) is 20.0. The number of hydrogen-bond acceptors (Lipinski definition) is 6. The Morgan fingerprint density at radius 3 is 2.64 bits per heavy atom. The summed E-state index contributed by atoms with van der Waals surface area (Å²) < 4.78 is 76.4. The predicted octanol–water partition coefficient (Wildman–Crippen LogP) is 6.28. The van der Waals surface area contributed by atoms with Crippen molar-refractivity contribution in [2.75, 3.05) is 29.4 Å². The second-order valence-electron chi connectivity index (χ2n) is 10.3. The van der Waals surface area contributed by atoms with Crippen molar-refractivity contribution in [1.29, 1.82) is 0 Å². The Morgan fingerprint density at radius 1 is 1.10 bits per heavy atom. The second kappa shape index (κ2) is 10.3. The smallest absolute Gasteiger partial charge is 0.416 e. The number of benzene rings is 3. The van der Waals surface area contributed by atoms with Crippen molar-refractivity contribution < 1.29 is 36.6 Å². The molecule has 3 heterocycles. The van der Waals surface area contributed by atoms with Crippen molar-refractivity contribution in [3.63, 3.8) is 0 Å². The zero-order valence-corrected chi connectivity index (χ0v) is 22.1. The number of halogens is 5. The fourth-order valence-corrected chi connectivity index (χ4v) is 6.07. The van der Waals surface area contributed by atoms with Crippen LogP contribution in [-0.4, -0.2) is 47.6 Å². The molecule has 1 saturated heterocycles. The Morgan fingerprint density at radius 2 is 1.90 bits per heavy atom. The van der Waals surface area contributed by atoms with Gasteiger partial charge in [-0.1, -0.05) is 18.7 Å². The summed E-state index contributed by atoms with van der Waals surface area (Å²) in [7, 11) is 0. The minimum absolute atomic E-state index is 0.0108. The fourth-order valence-electron chi connectivity index (χ4n) is 6.07. The summed E-state index contributed by atoms with van der Waals surface area (Å²) >= 11 is 0. The third-order valence-corrected chi connectivity index (χ3v) is 7.81. The molecule has 218 valence electrons. The van der Waals surface area contributed by atoms with Crippen LogP contribution in [0.15, 0.2) is 72.4 Å². The summed E-state index contributed by atoms with van der Waals surface area (Å²) in [6.45, 7) is 4.66. The highest BCUT2D eigenvalue weighted by molar-refractivity contribution is 6.02. The minimum Gasteiger partial charge on any atom is -0.481 e. The van der Waals surface area contributed by atoms with Gasteiger partial charge in [0.15, 0.2) is 0 Å². The monoisotopic (exact) mass is 584 g/mol. The SMILES string of the molecule is C=COc1ccc(C(F)(F)F)cc1N1C(N2CCN3c4ccc(F)cc4CC3C2)=Nc2c(F)cccc2C1CC(=O)O. The van der Waals surface area contributed by atoms with Crippen molar-refractivity contribution in [1.82, 2.24) is 4.90 Å². The Bertz CT molecular complexity index is 1610. The summed E-state index contributed by atoms with van der Waals surface area (Å²) in [5, 5.41) is 9.89. The first-order valence-corrected chi connectivity index (χ1v) is 13.2. The summed E-state index contributed by atoms with van der Waals surface area (Å²) in [6.07, 6.45) is -3.69. The number of carbonyl (C=O) groups is 1. The quantitative estimate of drug-likeness (QED) is 0.282. The van der Waals surface area contributed by atoms with Gasteiger partial charge in [0.25, 0.3) is 0 Å². The van der Waals surface area contributed by atoms with E-state index < -0.39 is 36.0 Å². The normalized spacial score (nSPS) is 19.5. The molecule has 7 nitrogen and oxygen atoms in total. The number of ether oxygens (including phenoxy) is 1. The van der Waals surface area contributed by atoms with Gasteiger partial charge in [-0.25, -0.2) is 13.8 Å². The zero-order valence-electron chi connectivity index (χ0n) is 22.1. The lowest BCUT2D eigenvalue weighted by molar-refractivity contribution is -0.138. The van der Waals surface area contributed by atoms with E-state index in [2.05, 4.69) is 16.5 Å². The van der Waals surface area contributed by atoms with Gasteiger partial charge in [-0.05, 0) is 54.4 Å². The molecule has 2 atom stereocenters. The van der Waals surface area contributed by atoms with E-state index in [4.69, 9.17) is 4.74 Å². The molecule has 3 aliphatic heterocycles. The van der Waals surface area contributed by atoms with E-state index in [1.807, 2.05) is 4.90 Å². The molecular formula is C30H25F5N4O3. The lowest BCUT2D eigenvalue weighted by atomic mass is 9.96. The van der Waals surface area contributed by atoms with Gasteiger partial charge in [-0.3, -0.25) is 4.79 Å². The molecule has 0 saturated carbocycles. The van der Waals surface area contributed by atoms with Crippen LogP contribution in [0.25, 0.3) is 0 Å².